The molecule has 0 radical (unpaired) electrons. The quantitative estimate of drug-likeness (QED) is 0.0264. The van der Waals surface area contributed by atoms with Crippen LogP contribution in [0.3, 0.4) is 0 Å². The van der Waals surface area contributed by atoms with Crippen LogP contribution in [0.5, 0.6) is 0 Å². The van der Waals surface area contributed by atoms with Crippen molar-refractivity contribution in [1.29, 1.82) is 0 Å². The van der Waals surface area contributed by atoms with Gasteiger partial charge in [0.1, 0.15) is 13.2 Å². The minimum Gasteiger partial charge on any atom is -0.462 e. The summed E-state index contributed by atoms with van der Waals surface area (Å²) in [6, 6.07) is 0. The lowest BCUT2D eigenvalue weighted by Gasteiger charge is -2.18. The van der Waals surface area contributed by atoms with Gasteiger partial charge in [-0.1, -0.05) is 170 Å². The highest BCUT2D eigenvalue weighted by Crippen LogP contribution is 2.13. The minimum atomic E-state index is -0.801. The van der Waals surface area contributed by atoms with Crippen molar-refractivity contribution in [3.8, 4) is 0 Å². The van der Waals surface area contributed by atoms with Crippen LogP contribution in [0.15, 0.2) is 85.1 Å². The van der Waals surface area contributed by atoms with E-state index < -0.39 is 6.10 Å². The molecule has 0 rings (SSSR count). The van der Waals surface area contributed by atoms with Crippen LogP contribution in [0.2, 0.25) is 0 Å². The van der Waals surface area contributed by atoms with E-state index in [0.717, 1.165) is 135 Å². The maximum absolute atomic E-state index is 12.7. The average molecular weight is 821 g/mol. The molecule has 0 aromatic heterocycles. The standard InChI is InChI=1S/C53H88O6/c1-4-7-10-13-16-19-22-25-26-29-31-34-37-40-43-46-52(55)58-49-50(59-53(56)47-44-41-38-35-32-28-24-21-18-15-12-9-6-3)48-57-51(54)45-42-39-36-33-30-27-23-20-17-14-11-8-5-2/h7,9-10,12,16,18-21,23,25-26,28,32,50H,4-6,8,11,13-15,17,22,24,27,29-31,33-49H2,1-3H3/b10-7-,12-9-,19-16-,21-18-,23-20-,26-25-,32-28-. The van der Waals surface area contributed by atoms with Crippen LogP contribution in [-0.4, -0.2) is 37.2 Å². The van der Waals surface area contributed by atoms with Crippen molar-refractivity contribution in [1.82, 2.24) is 0 Å². The molecular formula is C53H88O6. The minimum absolute atomic E-state index is 0.0994. The Kier molecular flexibility index (Phi) is 44.5. The summed E-state index contributed by atoms with van der Waals surface area (Å²) in [5.74, 6) is -0.960. The van der Waals surface area contributed by atoms with E-state index >= 15 is 0 Å². The average Bonchev–Trinajstić information content (AvgIpc) is 3.23. The Balaban J connectivity index is 4.47. The maximum Gasteiger partial charge on any atom is 0.306 e. The fourth-order valence-corrected chi connectivity index (χ4v) is 6.29. The molecule has 0 saturated heterocycles. The molecule has 0 aromatic rings. The van der Waals surface area contributed by atoms with Gasteiger partial charge in [-0.15, -0.1) is 0 Å². The predicted octanol–water partition coefficient (Wildman–Crippen LogP) is 15.6. The Morgan fingerprint density at radius 3 is 1.07 bits per heavy atom. The van der Waals surface area contributed by atoms with Crippen molar-refractivity contribution in [2.24, 2.45) is 0 Å². The van der Waals surface area contributed by atoms with E-state index in [9.17, 15) is 14.4 Å². The first-order valence-electron chi connectivity index (χ1n) is 24.1. The zero-order valence-corrected chi connectivity index (χ0v) is 38.2. The highest BCUT2D eigenvalue weighted by atomic mass is 16.6. The van der Waals surface area contributed by atoms with E-state index in [4.69, 9.17) is 14.2 Å². The van der Waals surface area contributed by atoms with E-state index in [2.05, 4.69) is 106 Å². The number of ether oxygens (including phenoxy) is 3. The largest absolute Gasteiger partial charge is 0.462 e. The van der Waals surface area contributed by atoms with Crippen LogP contribution in [0.1, 0.15) is 213 Å². The van der Waals surface area contributed by atoms with Gasteiger partial charge in [0.2, 0.25) is 0 Å². The van der Waals surface area contributed by atoms with E-state index in [1.54, 1.807) is 0 Å². The summed E-state index contributed by atoms with van der Waals surface area (Å²) in [5, 5.41) is 0. The van der Waals surface area contributed by atoms with Gasteiger partial charge in [0.15, 0.2) is 6.10 Å². The van der Waals surface area contributed by atoms with Gasteiger partial charge in [-0.05, 0) is 109 Å². The first-order chi connectivity index (χ1) is 29.0. The molecule has 0 amide bonds. The Hall–Kier alpha value is -3.41. The summed E-state index contributed by atoms with van der Waals surface area (Å²) >= 11 is 0. The zero-order chi connectivity index (χ0) is 43.0. The Morgan fingerprint density at radius 2 is 0.661 bits per heavy atom. The Labute approximate surface area is 363 Å². The fourth-order valence-electron chi connectivity index (χ4n) is 6.29. The number of hydrogen-bond donors (Lipinski definition) is 0. The van der Waals surface area contributed by atoms with E-state index in [1.807, 2.05) is 0 Å². The molecule has 6 nitrogen and oxygen atoms in total. The summed E-state index contributed by atoms with van der Waals surface area (Å²) in [4.78, 5) is 37.8. The number of rotatable bonds is 42. The van der Waals surface area contributed by atoms with Gasteiger partial charge in [0.25, 0.3) is 0 Å². The molecular weight excluding hydrogens is 733 g/mol. The molecule has 0 fully saturated rings. The number of allylic oxidation sites excluding steroid dienone is 14. The second-order valence-electron chi connectivity index (χ2n) is 15.6. The molecule has 1 atom stereocenters. The third-order valence-electron chi connectivity index (χ3n) is 9.86. The van der Waals surface area contributed by atoms with Gasteiger partial charge in [-0.2, -0.15) is 0 Å². The van der Waals surface area contributed by atoms with Gasteiger partial charge in [0.05, 0.1) is 0 Å². The Morgan fingerprint density at radius 1 is 0.356 bits per heavy atom. The molecule has 0 N–H and O–H groups in total. The lowest BCUT2D eigenvalue weighted by atomic mass is 10.1. The van der Waals surface area contributed by atoms with Gasteiger partial charge >= 0.3 is 17.9 Å². The maximum atomic E-state index is 12.7. The van der Waals surface area contributed by atoms with Gasteiger partial charge in [-0.3, -0.25) is 14.4 Å². The SMILES string of the molecule is CC/C=C\C/C=C\C/C=C\CCCCCCCC(=O)OCC(COC(=O)CCCCCCC/C=C\CCCCCC)OC(=O)CCCCC/C=C\C/C=C\C/C=C\CC. The fraction of sp³-hybridized carbons (Fsp3) is 0.679. The summed E-state index contributed by atoms with van der Waals surface area (Å²) in [5.41, 5.74) is 0. The molecule has 0 aliphatic heterocycles. The molecule has 0 aromatic carbocycles. The van der Waals surface area contributed by atoms with E-state index in [0.29, 0.717) is 12.8 Å². The second-order valence-corrected chi connectivity index (χ2v) is 15.6. The molecule has 0 aliphatic carbocycles. The van der Waals surface area contributed by atoms with Crippen molar-refractivity contribution < 1.29 is 28.6 Å². The normalized spacial score (nSPS) is 12.8. The van der Waals surface area contributed by atoms with Crippen molar-refractivity contribution in [3.63, 3.8) is 0 Å². The van der Waals surface area contributed by atoms with Gasteiger partial charge in [0, 0.05) is 19.3 Å². The molecule has 0 spiro atoms. The second kappa shape index (κ2) is 47.3. The number of carbonyl (C=O) groups excluding carboxylic acids is 3. The van der Waals surface area contributed by atoms with Crippen molar-refractivity contribution in [3.05, 3.63) is 85.1 Å². The van der Waals surface area contributed by atoms with Crippen LogP contribution >= 0.6 is 0 Å². The van der Waals surface area contributed by atoms with Gasteiger partial charge in [-0.25, -0.2) is 0 Å². The number of hydrogen-bond acceptors (Lipinski definition) is 6. The summed E-state index contributed by atoms with van der Waals surface area (Å²) in [6.07, 6.45) is 59.9. The summed E-state index contributed by atoms with van der Waals surface area (Å²) in [6.45, 7) is 6.33. The zero-order valence-electron chi connectivity index (χ0n) is 38.2. The van der Waals surface area contributed by atoms with Crippen LogP contribution in [0.25, 0.3) is 0 Å². The molecule has 0 aliphatic rings. The molecule has 0 heterocycles. The topological polar surface area (TPSA) is 78.9 Å². The van der Waals surface area contributed by atoms with Crippen LogP contribution < -0.4 is 0 Å². The number of carbonyl (C=O) groups is 3. The molecule has 1 unspecified atom stereocenters. The summed E-state index contributed by atoms with van der Waals surface area (Å²) < 4.78 is 16.7. The van der Waals surface area contributed by atoms with Crippen LogP contribution in [-0.2, 0) is 28.6 Å². The van der Waals surface area contributed by atoms with E-state index in [-0.39, 0.29) is 37.5 Å². The van der Waals surface area contributed by atoms with E-state index in [1.165, 1.54) is 38.5 Å². The smallest absolute Gasteiger partial charge is 0.306 e. The third kappa shape index (κ3) is 45.5. The molecule has 0 bridgehead atoms. The number of unbranched alkanes of at least 4 members (excludes halogenated alkanes) is 17. The first-order valence-corrected chi connectivity index (χ1v) is 24.1. The number of esters is 3. The molecule has 6 heteroatoms. The molecule has 0 saturated carbocycles. The Bertz CT molecular complexity index is 1170. The van der Waals surface area contributed by atoms with Crippen LogP contribution in [0.4, 0.5) is 0 Å². The first kappa shape index (κ1) is 55.6. The third-order valence-corrected chi connectivity index (χ3v) is 9.86. The highest BCUT2D eigenvalue weighted by Gasteiger charge is 2.19. The molecule has 336 valence electrons. The van der Waals surface area contributed by atoms with Crippen LogP contribution in [0, 0.1) is 0 Å². The predicted molar refractivity (Wildman–Crippen MR) is 251 cm³/mol. The summed E-state index contributed by atoms with van der Waals surface area (Å²) in [7, 11) is 0. The monoisotopic (exact) mass is 821 g/mol. The highest BCUT2D eigenvalue weighted by molar-refractivity contribution is 5.71. The lowest BCUT2D eigenvalue weighted by Crippen LogP contribution is -2.30. The van der Waals surface area contributed by atoms with Gasteiger partial charge < -0.3 is 14.2 Å². The molecule has 59 heavy (non-hydrogen) atoms. The lowest BCUT2D eigenvalue weighted by molar-refractivity contribution is -0.167. The van der Waals surface area contributed by atoms with Crippen molar-refractivity contribution in [2.45, 2.75) is 219 Å². The van der Waals surface area contributed by atoms with Crippen molar-refractivity contribution in [2.75, 3.05) is 13.2 Å². The van der Waals surface area contributed by atoms with Crippen molar-refractivity contribution >= 4 is 17.9 Å².